The van der Waals surface area contributed by atoms with Crippen LogP contribution in [-0.2, 0) is 12.0 Å². The van der Waals surface area contributed by atoms with E-state index in [1.54, 1.807) is 0 Å². The summed E-state index contributed by atoms with van der Waals surface area (Å²) in [6.07, 6.45) is 2.07. The molecule has 3 N–H and O–H groups in total. The summed E-state index contributed by atoms with van der Waals surface area (Å²) in [7, 11) is 0. The van der Waals surface area contributed by atoms with Crippen molar-refractivity contribution >= 4 is 0 Å². The molecule has 2 atom stereocenters. The zero-order valence-corrected chi connectivity index (χ0v) is 9.46. The molecule has 0 aliphatic heterocycles. The molecule has 0 fully saturated rings. The van der Waals surface area contributed by atoms with Gasteiger partial charge >= 0.3 is 0 Å². The molecule has 0 saturated carbocycles. The largest absolute Gasteiger partial charge is 0.384 e. The smallest absolute Gasteiger partial charge is 0.105 e. The number of nitrogens with two attached hydrogens (primary N) is 1. The summed E-state index contributed by atoms with van der Waals surface area (Å²) >= 11 is 0. The number of benzene rings is 1. The maximum atomic E-state index is 10.6. The zero-order valence-electron chi connectivity index (χ0n) is 9.46. The summed E-state index contributed by atoms with van der Waals surface area (Å²) in [5.74, 6) is 0.247. The van der Waals surface area contributed by atoms with E-state index in [-0.39, 0.29) is 5.92 Å². The van der Waals surface area contributed by atoms with Gasteiger partial charge < -0.3 is 10.8 Å². The van der Waals surface area contributed by atoms with Gasteiger partial charge in [0.2, 0.25) is 0 Å². The van der Waals surface area contributed by atoms with Gasteiger partial charge in [0.25, 0.3) is 0 Å². The lowest BCUT2D eigenvalue weighted by atomic mass is 9.72. The maximum Gasteiger partial charge on any atom is 0.105 e. The number of fused-ring (bicyclic) bond motifs is 1. The first kappa shape index (κ1) is 10.7. The number of aliphatic hydroxyl groups is 1. The van der Waals surface area contributed by atoms with Gasteiger partial charge in [0.15, 0.2) is 0 Å². The fraction of sp³-hybridized carbons (Fsp3) is 0.538. The first-order valence-corrected chi connectivity index (χ1v) is 5.60. The molecule has 0 spiro atoms. The Morgan fingerprint density at radius 2 is 2.27 bits per heavy atom. The Kier molecular flexibility index (Phi) is 2.57. The van der Waals surface area contributed by atoms with Gasteiger partial charge in [-0.2, -0.15) is 0 Å². The van der Waals surface area contributed by atoms with Crippen molar-refractivity contribution in [3.05, 3.63) is 34.9 Å². The number of aryl methyl sites for hydroxylation is 2. The van der Waals surface area contributed by atoms with Crippen molar-refractivity contribution < 1.29 is 5.11 Å². The van der Waals surface area contributed by atoms with Gasteiger partial charge in [-0.05, 0) is 36.8 Å². The molecule has 0 aromatic heterocycles. The summed E-state index contributed by atoms with van der Waals surface area (Å²) < 4.78 is 0. The Morgan fingerprint density at radius 3 is 2.93 bits per heavy atom. The minimum atomic E-state index is -0.820. The standard InChI is InChI=1S/C13H19NO/c1-9-3-5-11-6-4-10(2)13(15,8-14)12(11)7-9/h3,5,7,10,15H,4,6,8,14H2,1-2H3. The first-order valence-electron chi connectivity index (χ1n) is 5.60. The molecule has 0 heterocycles. The van der Waals surface area contributed by atoms with Crippen LogP contribution >= 0.6 is 0 Å². The molecular formula is C13H19NO. The summed E-state index contributed by atoms with van der Waals surface area (Å²) in [5.41, 5.74) is 8.41. The van der Waals surface area contributed by atoms with Crippen LogP contribution in [-0.4, -0.2) is 11.7 Å². The number of rotatable bonds is 1. The molecule has 2 heteroatoms. The lowest BCUT2D eigenvalue weighted by molar-refractivity contribution is -0.0191. The third-order valence-electron chi connectivity index (χ3n) is 3.70. The second kappa shape index (κ2) is 3.62. The van der Waals surface area contributed by atoms with Gasteiger partial charge in [0.1, 0.15) is 5.60 Å². The molecule has 0 saturated heterocycles. The molecule has 15 heavy (non-hydrogen) atoms. The van der Waals surface area contributed by atoms with E-state index in [1.165, 1.54) is 11.1 Å². The Hall–Kier alpha value is -0.860. The Labute approximate surface area is 91.1 Å². The predicted octanol–water partition coefficient (Wildman–Crippen LogP) is 1.72. The zero-order chi connectivity index (χ0) is 11.1. The van der Waals surface area contributed by atoms with E-state index in [4.69, 9.17) is 5.73 Å². The first-order chi connectivity index (χ1) is 7.08. The van der Waals surface area contributed by atoms with Crippen LogP contribution in [0.5, 0.6) is 0 Å². The molecule has 2 unspecified atom stereocenters. The van der Waals surface area contributed by atoms with Crippen molar-refractivity contribution in [3.8, 4) is 0 Å². The molecule has 2 nitrogen and oxygen atoms in total. The summed E-state index contributed by atoms with van der Waals surface area (Å²) in [5, 5.41) is 10.6. The van der Waals surface area contributed by atoms with E-state index in [9.17, 15) is 5.11 Å². The molecule has 1 aromatic carbocycles. The van der Waals surface area contributed by atoms with Crippen LogP contribution in [0.1, 0.15) is 30.0 Å². The molecular weight excluding hydrogens is 186 g/mol. The average molecular weight is 205 g/mol. The SMILES string of the molecule is Cc1ccc2c(c1)C(O)(CN)C(C)CC2. The predicted molar refractivity (Wildman–Crippen MR) is 61.6 cm³/mol. The Morgan fingerprint density at radius 1 is 1.53 bits per heavy atom. The minimum Gasteiger partial charge on any atom is -0.384 e. The molecule has 2 rings (SSSR count). The quantitative estimate of drug-likeness (QED) is 0.733. The van der Waals surface area contributed by atoms with E-state index < -0.39 is 5.60 Å². The van der Waals surface area contributed by atoms with E-state index in [2.05, 4.69) is 32.0 Å². The van der Waals surface area contributed by atoms with Gasteiger partial charge in [-0.25, -0.2) is 0 Å². The van der Waals surface area contributed by atoms with E-state index >= 15 is 0 Å². The van der Waals surface area contributed by atoms with Gasteiger partial charge in [-0.3, -0.25) is 0 Å². The van der Waals surface area contributed by atoms with Gasteiger partial charge in [0, 0.05) is 6.54 Å². The number of hydrogen-bond donors (Lipinski definition) is 2. The van der Waals surface area contributed by atoms with Crippen LogP contribution in [0.2, 0.25) is 0 Å². The molecule has 1 aromatic rings. The fourth-order valence-corrected chi connectivity index (χ4v) is 2.50. The highest BCUT2D eigenvalue weighted by Gasteiger charge is 2.38. The van der Waals surface area contributed by atoms with Crippen LogP contribution < -0.4 is 5.73 Å². The monoisotopic (exact) mass is 205 g/mol. The lowest BCUT2D eigenvalue weighted by Crippen LogP contribution is -2.44. The maximum absolute atomic E-state index is 10.6. The van der Waals surface area contributed by atoms with E-state index in [0.29, 0.717) is 6.54 Å². The minimum absolute atomic E-state index is 0.247. The van der Waals surface area contributed by atoms with Gasteiger partial charge in [-0.15, -0.1) is 0 Å². The van der Waals surface area contributed by atoms with Crippen molar-refractivity contribution in [2.45, 2.75) is 32.3 Å². The van der Waals surface area contributed by atoms with Crippen molar-refractivity contribution in [3.63, 3.8) is 0 Å². The fourth-order valence-electron chi connectivity index (χ4n) is 2.50. The van der Waals surface area contributed by atoms with E-state index in [0.717, 1.165) is 18.4 Å². The van der Waals surface area contributed by atoms with Crippen molar-refractivity contribution in [2.24, 2.45) is 11.7 Å². The second-order valence-electron chi connectivity index (χ2n) is 4.73. The van der Waals surface area contributed by atoms with Gasteiger partial charge in [0.05, 0.1) is 0 Å². The van der Waals surface area contributed by atoms with Crippen molar-refractivity contribution in [2.75, 3.05) is 6.54 Å². The van der Waals surface area contributed by atoms with E-state index in [1.807, 2.05) is 0 Å². The average Bonchev–Trinajstić information content (AvgIpc) is 2.24. The molecule has 0 amide bonds. The molecule has 1 aliphatic rings. The third kappa shape index (κ3) is 1.58. The molecule has 82 valence electrons. The third-order valence-corrected chi connectivity index (χ3v) is 3.70. The highest BCUT2D eigenvalue weighted by Crippen LogP contribution is 2.39. The second-order valence-corrected chi connectivity index (χ2v) is 4.73. The van der Waals surface area contributed by atoms with Crippen LogP contribution in [0.3, 0.4) is 0 Å². The normalized spacial score (nSPS) is 30.0. The van der Waals surface area contributed by atoms with Crippen LogP contribution in [0.15, 0.2) is 18.2 Å². The van der Waals surface area contributed by atoms with Crippen molar-refractivity contribution in [1.29, 1.82) is 0 Å². The highest BCUT2D eigenvalue weighted by molar-refractivity contribution is 5.38. The van der Waals surface area contributed by atoms with Crippen LogP contribution in [0.4, 0.5) is 0 Å². The summed E-state index contributed by atoms with van der Waals surface area (Å²) in [6, 6.07) is 6.31. The lowest BCUT2D eigenvalue weighted by Gasteiger charge is -2.39. The Balaban J connectivity index is 2.56. The number of hydrogen-bond acceptors (Lipinski definition) is 2. The van der Waals surface area contributed by atoms with Gasteiger partial charge in [-0.1, -0.05) is 30.7 Å². The molecule has 0 radical (unpaired) electrons. The topological polar surface area (TPSA) is 46.2 Å². The molecule has 0 bridgehead atoms. The van der Waals surface area contributed by atoms with Crippen LogP contribution in [0.25, 0.3) is 0 Å². The summed E-state index contributed by atoms with van der Waals surface area (Å²) in [4.78, 5) is 0. The molecule has 1 aliphatic carbocycles. The van der Waals surface area contributed by atoms with Crippen LogP contribution in [0, 0.1) is 12.8 Å². The highest BCUT2D eigenvalue weighted by atomic mass is 16.3. The van der Waals surface area contributed by atoms with Crippen molar-refractivity contribution in [1.82, 2.24) is 0 Å². The Bertz CT molecular complexity index is 375. The summed E-state index contributed by atoms with van der Waals surface area (Å²) in [6.45, 7) is 4.44.